The molecule has 0 radical (unpaired) electrons. The van der Waals surface area contributed by atoms with Crippen molar-refractivity contribution in [2.45, 2.75) is 45.6 Å². The van der Waals surface area contributed by atoms with Gasteiger partial charge in [0.1, 0.15) is 0 Å². The van der Waals surface area contributed by atoms with Crippen LogP contribution in [-0.2, 0) is 0 Å². The summed E-state index contributed by atoms with van der Waals surface area (Å²) in [5, 5.41) is 6.54. The quantitative estimate of drug-likeness (QED) is 0.882. The fraction of sp³-hybridized carbons (Fsp3) is 0.588. The van der Waals surface area contributed by atoms with Crippen molar-refractivity contribution in [3.8, 4) is 0 Å². The van der Waals surface area contributed by atoms with Crippen molar-refractivity contribution >= 4 is 11.6 Å². The van der Waals surface area contributed by atoms with Crippen molar-refractivity contribution in [3.05, 3.63) is 29.3 Å². The summed E-state index contributed by atoms with van der Waals surface area (Å²) in [6, 6.07) is 6.40. The van der Waals surface area contributed by atoms with E-state index in [2.05, 4.69) is 23.6 Å². The van der Waals surface area contributed by atoms with Gasteiger partial charge in [-0.15, -0.1) is 0 Å². The Bertz CT molecular complexity index is 512. The van der Waals surface area contributed by atoms with Crippen LogP contribution in [0.3, 0.4) is 0 Å². The van der Waals surface area contributed by atoms with E-state index >= 15 is 0 Å². The van der Waals surface area contributed by atoms with Crippen molar-refractivity contribution in [1.29, 1.82) is 0 Å². The topological polar surface area (TPSA) is 41.1 Å². The number of rotatable bonds is 4. The molecule has 1 aromatic carbocycles. The highest BCUT2D eigenvalue weighted by Crippen LogP contribution is 2.44. The number of aryl methyl sites for hydroxylation is 1. The molecule has 2 bridgehead atoms. The minimum atomic E-state index is 0.100. The van der Waals surface area contributed by atoms with E-state index in [0.717, 1.165) is 35.2 Å². The first-order chi connectivity index (χ1) is 9.67. The molecule has 2 fully saturated rings. The Kier molecular flexibility index (Phi) is 3.68. The number of hydrogen-bond acceptors (Lipinski definition) is 2. The third-order valence-electron chi connectivity index (χ3n) is 4.91. The Hall–Kier alpha value is -1.51. The van der Waals surface area contributed by atoms with Crippen LogP contribution in [0.15, 0.2) is 18.2 Å². The standard InChI is InChI=1S/C17H24N2O/c1-3-18-14-6-7-15(11(2)8-14)17(20)19-16-10-12-4-5-13(16)9-12/h6-8,12-13,16,18H,3-5,9-10H2,1-2H3,(H,19,20). The van der Waals surface area contributed by atoms with Gasteiger partial charge < -0.3 is 10.6 Å². The highest BCUT2D eigenvalue weighted by Gasteiger charge is 2.40. The molecule has 2 saturated carbocycles. The van der Waals surface area contributed by atoms with E-state index < -0.39 is 0 Å². The fourth-order valence-corrected chi connectivity index (χ4v) is 3.90. The number of nitrogens with one attached hydrogen (secondary N) is 2. The maximum atomic E-state index is 12.4. The van der Waals surface area contributed by atoms with Crippen molar-refractivity contribution in [3.63, 3.8) is 0 Å². The van der Waals surface area contributed by atoms with Crippen LogP contribution in [0.4, 0.5) is 5.69 Å². The zero-order chi connectivity index (χ0) is 14.1. The van der Waals surface area contributed by atoms with Crippen LogP contribution < -0.4 is 10.6 Å². The van der Waals surface area contributed by atoms with Gasteiger partial charge in [-0.25, -0.2) is 0 Å². The number of hydrogen-bond donors (Lipinski definition) is 2. The smallest absolute Gasteiger partial charge is 0.251 e. The third kappa shape index (κ3) is 2.54. The molecule has 3 nitrogen and oxygen atoms in total. The van der Waals surface area contributed by atoms with E-state index in [-0.39, 0.29) is 5.91 Å². The normalized spacial score (nSPS) is 27.6. The number of benzene rings is 1. The molecule has 0 saturated heterocycles. The molecule has 3 heteroatoms. The number of fused-ring (bicyclic) bond motifs is 2. The lowest BCUT2D eigenvalue weighted by Gasteiger charge is -2.23. The number of anilines is 1. The third-order valence-corrected chi connectivity index (χ3v) is 4.91. The monoisotopic (exact) mass is 272 g/mol. The molecule has 0 spiro atoms. The van der Waals surface area contributed by atoms with E-state index in [1.807, 2.05) is 19.1 Å². The first-order valence-corrected chi connectivity index (χ1v) is 7.82. The fourth-order valence-electron chi connectivity index (χ4n) is 3.90. The van der Waals surface area contributed by atoms with Gasteiger partial charge in [0.25, 0.3) is 5.91 Å². The molecule has 3 rings (SSSR count). The van der Waals surface area contributed by atoms with E-state index in [4.69, 9.17) is 0 Å². The molecule has 1 amide bonds. The molecule has 3 unspecified atom stereocenters. The Morgan fingerprint density at radius 3 is 2.75 bits per heavy atom. The van der Waals surface area contributed by atoms with Crippen LogP contribution in [0.25, 0.3) is 0 Å². The molecule has 1 aromatic rings. The Morgan fingerprint density at radius 1 is 1.30 bits per heavy atom. The van der Waals surface area contributed by atoms with Crippen molar-refractivity contribution in [1.82, 2.24) is 5.32 Å². The predicted octanol–water partition coefficient (Wildman–Crippen LogP) is 3.35. The van der Waals surface area contributed by atoms with Gasteiger partial charge in [-0.3, -0.25) is 4.79 Å². The molecule has 0 heterocycles. The SMILES string of the molecule is CCNc1ccc(C(=O)NC2CC3CCC2C3)c(C)c1. The highest BCUT2D eigenvalue weighted by molar-refractivity contribution is 5.96. The van der Waals surface area contributed by atoms with Crippen LogP contribution in [0, 0.1) is 18.8 Å². The van der Waals surface area contributed by atoms with E-state index in [9.17, 15) is 4.79 Å². The van der Waals surface area contributed by atoms with Gasteiger partial charge in [-0.2, -0.15) is 0 Å². The molecule has 2 N–H and O–H groups in total. The zero-order valence-corrected chi connectivity index (χ0v) is 12.4. The molecule has 2 aliphatic rings. The second kappa shape index (κ2) is 5.47. The van der Waals surface area contributed by atoms with Gasteiger partial charge >= 0.3 is 0 Å². The Morgan fingerprint density at radius 2 is 2.15 bits per heavy atom. The van der Waals surface area contributed by atoms with Gasteiger partial charge in [0.05, 0.1) is 0 Å². The first-order valence-electron chi connectivity index (χ1n) is 7.82. The average Bonchev–Trinajstić information content (AvgIpc) is 3.01. The second-order valence-electron chi connectivity index (χ2n) is 6.31. The maximum Gasteiger partial charge on any atom is 0.251 e. The summed E-state index contributed by atoms with van der Waals surface area (Å²) >= 11 is 0. The molecular formula is C17H24N2O. The molecule has 2 aliphatic carbocycles. The second-order valence-corrected chi connectivity index (χ2v) is 6.31. The summed E-state index contributed by atoms with van der Waals surface area (Å²) in [5.41, 5.74) is 2.94. The van der Waals surface area contributed by atoms with Gasteiger partial charge in [-0.1, -0.05) is 6.42 Å². The Balaban J connectivity index is 1.68. The zero-order valence-electron chi connectivity index (χ0n) is 12.4. The summed E-state index contributed by atoms with van der Waals surface area (Å²) in [7, 11) is 0. The van der Waals surface area contributed by atoms with Gasteiger partial charge in [0.15, 0.2) is 0 Å². The van der Waals surface area contributed by atoms with Crippen LogP contribution in [0.2, 0.25) is 0 Å². The van der Waals surface area contributed by atoms with Crippen LogP contribution in [-0.4, -0.2) is 18.5 Å². The van der Waals surface area contributed by atoms with Gasteiger partial charge in [0.2, 0.25) is 0 Å². The van der Waals surface area contributed by atoms with E-state index in [1.54, 1.807) is 0 Å². The van der Waals surface area contributed by atoms with Crippen molar-refractivity contribution in [2.24, 2.45) is 11.8 Å². The lowest BCUT2D eigenvalue weighted by atomic mass is 9.95. The number of amides is 1. The first kappa shape index (κ1) is 13.5. The molecule has 3 atom stereocenters. The number of carbonyl (C=O) groups is 1. The van der Waals surface area contributed by atoms with Gasteiger partial charge in [0, 0.05) is 23.8 Å². The van der Waals surface area contributed by atoms with E-state index in [1.165, 1.54) is 25.7 Å². The summed E-state index contributed by atoms with van der Waals surface area (Å²) in [6.07, 6.45) is 5.18. The summed E-state index contributed by atoms with van der Waals surface area (Å²) < 4.78 is 0. The molecule has 0 aliphatic heterocycles. The van der Waals surface area contributed by atoms with Crippen LogP contribution >= 0.6 is 0 Å². The van der Waals surface area contributed by atoms with Gasteiger partial charge in [-0.05, 0) is 68.7 Å². The molecule has 0 aromatic heterocycles. The largest absolute Gasteiger partial charge is 0.385 e. The minimum absolute atomic E-state index is 0.100. The van der Waals surface area contributed by atoms with Crippen LogP contribution in [0.1, 0.15) is 48.5 Å². The molecule has 20 heavy (non-hydrogen) atoms. The Labute approximate surface area is 121 Å². The average molecular weight is 272 g/mol. The summed E-state index contributed by atoms with van der Waals surface area (Å²) in [5.74, 6) is 1.69. The maximum absolute atomic E-state index is 12.4. The predicted molar refractivity (Wildman–Crippen MR) is 82.0 cm³/mol. The van der Waals surface area contributed by atoms with Crippen molar-refractivity contribution < 1.29 is 4.79 Å². The lowest BCUT2D eigenvalue weighted by Crippen LogP contribution is -2.38. The lowest BCUT2D eigenvalue weighted by molar-refractivity contribution is 0.0922. The highest BCUT2D eigenvalue weighted by atomic mass is 16.1. The summed E-state index contributed by atoms with van der Waals surface area (Å²) in [6.45, 7) is 4.98. The van der Waals surface area contributed by atoms with E-state index in [0.29, 0.717) is 6.04 Å². The summed E-state index contributed by atoms with van der Waals surface area (Å²) in [4.78, 5) is 12.4. The molecular weight excluding hydrogens is 248 g/mol. The van der Waals surface area contributed by atoms with Crippen molar-refractivity contribution in [2.75, 3.05) is 11.9 Å². The number of carbonyl (C=O) groups excluding carboxylic acids is 1. The van der Waals surface area contributed by atoms with Crippen LogP contribution in [0.5, 0.6) is 0 Å². The molecule has 108 valence electrons. The minimum Gasteiger partial charge on any atom is -0.385 e.